The lowest BCUT2D eigenvalue weighted by molar-refractivity contribution is 0.148. The Labute approximate surface area is 160 Å². The fourth-order valence-corrected chi connectivity index (χ4v) is 4.05. The fourth-order valence-electron chi connectivity index (χ4n) is 4.05. The summed E-state index contributed by atoms with van der Waals surface area (Å²) in [6, 6.07) is 10.3. The number of aryl methyl sites for hydroxylation is 2. The molecule has 0 bridgehead atoms. The molecule has 0 spiro atoms. The molecule has 0 radical (unpaired) electrons. The first-order chi connectivity index (χ1) is 13.2. The third-order valence-electron chi connectivity index (χ3n) is 5.41. The van der Waals surface area contributed by atoms with Crippen molar-refractivity contribution in [1.29, 1.82) is 0 Å². The lowest BCUT2D eigenvalue weighted by Gasteiger charge is -2.20. The summed E-state index contributed by atoms with van der Waals surface area (Å²) in [7, 11) is 0. The molecule has 5 nitrogen and oxygen atoms in total. The maximum Gasteiger partial charge on any atom is 0.135 e. The number of nitrogens with zero attached hydrogens (tertiary/aromatic N) is 4. The molecule has 3 heterocycles. The number of benzene rings is 1. The minimum absolute atomic E-state index is 0.181. The zero-order chi connectivity index (χ0) is 18.8. The van der Waals surface area contributed by atoms with E-state index in [4.69, 9.17) is 4.98 Å². The number of hydrogen-bond donors (Lipinski definition) is 1. The van der Waals surface area contributed by atoms with Crippen LogP contribution in [0.1, 0.15) is 30.3 Å². The van der Waals surface area contributed by atoms with Gasteiger partial charge in [0, 0.05) is 42.4 Å². The van der Waals surface area contributed by atoms with Crippen molar-refractivity contribution in [3.05, 3.63) is 59.7 Å². The first kappa shape index (κ1) is 17.9. The highest BCUT2D eigenvalue weighted by Crippen LogP contribution is 2.29. The number of fused-ring (bicyclic) bond motifs is 1. The summed E-state index contributed by atoms with van der Waals surface area (Å²) in [5, 5.41) is 11.9. The predicted molar refractivity (Wildman–Crippen MR) is 108 cm³/mol. The molecular weight excluding hydrogens is 336 g/mol. The summed E-state index contributed by atoms with van der Waals surface area (Å²) >= 11 is 0. The van der Waals surface area contributed by atoms with E-state index in [0.717, 1.165) is 43.0 Å². The molecule has 4 rings (SSSR count). The molecule has 1 fully saturated rings. The van der Waals surface area contributed by atoms with E-state index >= 15 is 0 Å². The van der Waals surface area contributed by atoms with Crippen molar-refractivity contribution in [3.8, 4) is 0 Å². The standard InChI is InChI=1S/C22H26N4O/c1-3-6-17-12-24-15(2)25-22(17)26-13-18(21(27)14-26)11-16-9-10-23-20-8-5-4-7-19(16)20/h4-5,7-10,12,18,21,27H,3,6,11,13-14H2,1-2H3/t18-,21+/m1/s1. The number of para-hydroxylation sites is 1. The Bertz CT molecular complexity index is 937. The predicted octanol–water partition coefficient (Wildman–Crippen LogP) is 3.33. The van der Waals surface area contributed by atoms with Crippen molar-refractivity contribution in [2.75, 3.05) is 18.0 Å². The largest absolute Gasteiger partial charge is 0.391 e. The molecule has 1 aliphatic rings. The van der Waals surface area contributed by atoms with Crippen molar-refractivity contribution in [2.24, 2.45) is 5.92 Å². The Morgan fingerprint density at radius 2 is 1.96 bits per heavy atom. The van der Waals surface area contributed by atoms with Gasteiger partial charge >= 0.3 is 0 Å². The number of β-amino-alcohol motifs (C(OH)–C–C–N with tert-alkyl or cyclic N) is 1. The average Bonchev–Trinajstić information content (AvgIpc) is 3.04. The van der Waals surface area contributed by atoms with Crippen molar-refractivity contribution in [3.63, 3.8) is 0 Å². The van der Waals surface area contributed by atoms with Crippen LogP contribution in [0.25, 0.3) is 10.9 Å². The van der Waals surface area contributed by atoms with Crippen LogP contribution in [0.4, 0.5) is 5.82 Å². The molecule has 1 saturated heterocycles. The van der Waals surface area contributed by atoms with Gasteiger partial charge in [0.05, 0.1) is 11.6 Å². The van der Waals surface area contributed by atoms with Gasteiger partial charge in [-0.2, -0.15) is 0 Å². The first-order valence-corrected chi connectivity index (χ1v) is 9.74. The summed E-state index contributed by atoms with van der Waals surface area (Å²) in [4.78, 5) is 15.7. The van der Waals surface area contributed by atoms with E-state index in [1.165, 1.54) is 16.5 Å². The second-order valence-corrected chi connectivity index (χ2v) is 7.44. The number of rotatable bonds is 5. The zero-order valence-electron chi connectivity index (χ0n) is 16.0. The Hall–Kier alpha value is -2.53. The molecule has 2 aromatic heterocycles. The number of pyridine rings is 1. The van der Waals surface area contributed by atoms with Crippen LogP contribution in [0.2, 0.25) is 0 Å². The van der Waals surface area contributed by atoms with E-state index in [1.807, 2.05) is 37.5 Å². The zero-order valence-corrected chi connectivity index (χ0v) is 16.0. The molecular formula is C22H26N4O. The molecule has 1 aliphatic heterocycles. The molecule has 0 amide bonds. The van der Waals surface area contributed by atoms with E-state index in [9.17, 15) is 5.11 Å². The van der Waals surface area contributed by atoms with Gasteiger partial charge in [0.15, 0.2) is 0 Å². The number of aliphatic hydroxyl groups excluding tert-OH is 1. The maximum absolute atomic E-state index is 10.7. The summed E-state index contributed by atoms with van der Waals surface area (Å²) in [6.07, 6.45) is 6.31. The van der Waals surface area contributed by atoms with Crippen LogP contribution in [0.15, 0.2) is 42.7 Å². The van der Waals surface area contributed by atoms with Gasteiger partial charge in [-0.15, -0.1) is 0 Å². The Morgan fingerprint density at radius 3 is 2.81 bits per heavy atom. The van der Waals surface area contributed by atoms with Crippen LogP contribution in [0.3, 0.4) is 0 Å². The van der Waals surface area contributed by atoms with Gasteiger partial charge in [0.2, 0.25) is 0 Å². The SMILES string of the molecule is CCCc1cnc(C)nc1N1C[C@@H](Cc2ccnc3ccccc23)[C@@H](O)C1. The third-order valence-corrected chi connectivity index (χ3v) is 5.41. The van der Waals surface area contributed by atoms with Gasteiger partial charge in [-0.3, -0.25) is 4.98 Å². The third kappa shape index (κ3) is 3.65. The van der Waals surface area contributed by atoms with Gasteiger partial charge in [-0.25, -0.2) is 9.97 Å². The van der Waals surface area contributed by atoms with E-state index in [1.54, 1.807) is 0 Å². The van der Waals surface area contributed by atoms with Gasteiger partial charge in [-0.1, -0.05) is 31.5 Å². The molecule has 0 saturated carbocycles. The highest BCUT2D eigenvalue weighted by atomic mass is 16.3. The van der Waals surface area contributed by atoms with Crippen molar-refractivity contribution >= 4 is 16.7 Å². The van der Waals surface area contributed by atoms with Crippen molar-refractivity contribution < 1.29 is 5.11 Å². The Balaban J connectivity index is 1.58. The lowest BCUT2D eigenvalue weighted by Crippen LogP contribution is -2.24. The Morgan fingerprint density at radius 1 is 1.11 bits per heavy atom. The van der Waals surface area contributed by atoms with Gasteiger partial charge < -0.3 is 10.0 Å². The van der Waals surface area contributed by atoms with Crippen LogP contribution >= 0.6 is 0 Å². The normalized spacial score (nSPS) is 19.7. The maximum atomic E-state index is 10.7. The second-order valence-electron chi connectivity index (χ2n) is 7.44. The summed E-state index contributed by atoms with van der Waals surface area (Å²) in [6.45, 7) is 5.53. The summed E-state index contributed by atoms with van der Waals surface area (Å²) in [5.41, 5.74) is 3.43. The van der Waals surface area contributed by atoms with E-state index in [0.29, 0.717) is 6.54 Å². The van der Waals surface area contributed by atoms with Gasteiger partial charge in [0.1, 0.15) is 11.6 Å². The fraction of sp³-hybridized carbons (Fsp3) is 0.409. The Kier molecular flexibility index (Phi) is 5.03. The van der Waals surface area contributed by atoms with Gasteiger partial charge in [-0.05, 0) is 37.5 Å². The minimum atomic E-state index is -0.360. The van der Waals surface area contributed by atoms with Crippen LogP contribution in [0, 0.1) is 12.8 Å². The van der Waals surface area contributed by atoms with Crippen LogP contribution in [-0.2, 0) is 12.8 Å². The smallest absolute Gasteiger partial charge is 0.135 e. The highest BCUT2D eigenvalue weighted by Gasteiger charge is 2.33. The molecule has 0 unspecified atom stereocenters. The van der Waals surface area contributed by atoms with Crippen LogP contribution in [0.5, 0.6) is 0 Å². The number of anilines is 1. The number of hydrogen-bond acceptors (Lipinski definition) is 5. The summed E-state index contributed by atoms with van der Waals surface area (Å²) < 4.78 is 0. The van der Waals surface area contributed by atoms with Gasteiger partial charge in [0.25, 0.3) is 0 Å². The average molecular weight is 362 g/mol. The van der Waals surface area contributed by atoms with E-state index in [-0.39, 0.29) is 12.0 Å². The van der Waals surface area contributed by atoms with Crippen molar-refractivity contribution in [1.82, 2.24) is 15.0 Å². The van der Waals surface area contributed by atoms with E-state index < -0.39 is 0 Å². The lowest BCUT2D eigenvalue weighted by atomic mass is 9.94. The summed E-state index contributed by atoms with van der Waals surface area (Å²) in [5.74, 6) is 1.95. The molecule has 2 atom stereocenters. The van der Waals surface area contributed by atoms with Crippen LogP contribution in [-0.4, -0.2) is 39.3 Å². The molecule has 3 aromatic rings. The second kappa shape index (κ2) is 7.61. The van der Waals surface area contributed by atoms with E-state index in [2.05, 4.69) is 33.9 Å². The van der Waals surface area contributed by atoms with Crippen LogP contribution < -0.4 is 4.90 Å². The molecule has 1 N–H and O–H groups in total. The molecule has 1 aromatic carbocycles. The molecule has 140 valence electrons. The van der Waals surface area contributed by atoms with Crippen molar-refractivity contribution in [2.45, 2.75) is 39.2 Å². The number of aromatic nitrogens is 3. The quantitative estimate of drug-likeness (QED) is 0.754. The number of aliphatic hydroxyl groups is 1. The molecule has 27 heavy (non-hydrogen) atoms. The molecule has 5 heteroatoms. The monoisotopic (exact) mass is 362 g/mol. The minimum Gasteiger partial charge on any atom is -0.391 e. The first-order valence-electron chi connectivity index (χ1n) is 9.74. The highest BCUT2D eigenvalue weighted by molar-refractivity contribution is 5.81. The molecule has 0 aliphatic carbocycles. The topological polar surface area (TPSA) is 62.1 Å².